The summed E-state index contributed by atoms with van der Waals surface area (Å²) >= 11 is 0. The second kappa shape index (κ2) is 6.47. The van der Waals surface area contributed by atoms with Crippen LogP contribution in [0.1, 0.15) is 17.8 Å². The van der Waals surface area contributed by atoms with Crippen molar-refractivity contribution in [3.8, 4) is 11.5 Å². The lowest BCUT2D eigenvalue weighted by atomic mass is 10.2. The number of carbonyl (C=O) groups excluding carboxylic acids is 1. The molecule has 25 heavy (non-hydrogen) atoms. The lowest BCUT2D eigenvalue weighted by molar-refractivity contribution is -0.130. The lowest BCUT2D eigenvalue weighted by Crippen LogP contribution is -2.26. The van der Waals surface area contributed by atoms with Crippen molar-refractivity contribution in [1.82, 2.24) is 14.9 Å². The van der Waals surface area contributed by atoms with Gasteiger partial charge in [0.1, 0.15) is 5.82 Å². The third-order valence-electron chi connectivity index (χ3n) is 4.30. The van der Waals surface area contributed by atoms with Crippen LogP contribution in [0.4, 0.5) is 0 Å². The number of rotatable bonds is 5. The molecule has 0 saturated carbocycles. The van der Waals surface area contributed by atoms with Crippen LogP contribution in [0.5, 0.6) is 11.5 Å². The predicted octanol–water partition coefficient (Wildman–Crippen LogP) is 2.88. The maximum absolute atomic E-state index is 12.4. The molecule has 4 rings (SSSR count). The van der Waals surface area contributed by atoms with Crippen LogP contribution < -0.4 is 9.47 Å². The van der Waals surface area contributed by atoms with Crippen molar-refractivity contribution in [3.05, 3.63) is 53.9 Å². The first-order valence-electron chi connectivity index (χ1n) is 8.25. The van der Waals surface area contributed by atoms with Gasteiger partial charge in [0, 0.05) is 26.4 Å². The van der Waals surface area contributed by atoms with Gasteiger partial charge in [-0.1, -0.05) is 18.2 Å². The Morgan fingerprint density at radius 2 is 2.04 bits per heavy atom. The van der Waals surface area contributed by atoms with Gasteiger partial charge >= 0.3 is 0 Å². The van der Waals surface area contributed by atoms with Crippen molar-refractivity contribution in [2.45, 2.75) is 19.4 Å². The zero-order chi connectivity index (χ0) is 17.2. The van der Waals surface area contributed by atoms with E-state index in [4.69, 9.17) is 9.47 Å². The standard InChI is InChI=1S/C19H19N3O3/c1-22(11-13-6-7-16-17(10-13)25-12-24-16)19(23)9-8-18-20-14-4-2-3-5-15(14)21-18/h2-7,10H,8-9,11-12H2,1H3,(H,20,21). The number of aromatic amines is 1. The molecule has 1 aliphatic heterocycles. The Morgan fingerprint density at radius 3 is 2.92 bits per heavy atom. The molecule has 0 unspecified atom stereocenters. The molecule has 1 aromatic heterocycles. The number of benzene rings is 2. The second-order valence-corrected chi connectivity index (χ2v) is 6.14. The van der Waals surface area contributed by atoms with Gasteiger partial charge in [-0.3, -0.25) is 4.79 Å². The molecule has 1 amide bonds. The highest BCUT2D eigenvalue weighted by molar-refractivity contribution is 5.77. The number of aromatic nitrogens is 2. The van der Waals surface area contributed by atoms with Crippen molar-refractivity contribution in [3.63, 3.8) is 0 Å². The molecule has 0 fully saturated rings. The number of hydrogen-bond donors (Lipinski definition) is 1. The van der Waals surface area contributed by atoms with Gasteiger partial charge in [-0.25, -0.2) is 4.98 Å². The Bertz CT molecular complexity index is 886. The zero-order valence-corrected chi connectivity index (χ0v) is 14.0. The van der Waals surface area contributed by atoms with Gasteiger partial charge < -0.3 is 19.4 Å². The highest BCUT2D eigenvalue weighted by Gasteiger charge is 2.15. The average molecular weight is 337 g/mol. The molecule has 0 aliphatic carbocycles. The van der Waals surface area contributed by atoms with E-state index in [1.165, 1.54) is 0 Å². The van der Waals surface area contributed by atoms with E-state index < -0.39 is 0 Å². The fraction of sp³-hybridized carbons (Fsp3) is 0.263. The molecule has 6 nitrogen and oxygen atoms in total. The molecule has 3 aromatic rings. The first kappa shape index (κ1) is 15.5. The smallest absolute Gasteiger partial charge is 0.231 e. The number of para-hydroxylation sites is 2. The number of imidazole rings is 1. The topological polar surface area (TPSA) is 67.5 Å². The maximum atomic E-state index is 12.4. The number of aryl methyl sites for hydroxylation is 1. The summed E-state index contributed by atoms with van der Waals surface area (Å²) in [5.41, 5.74) is 2.95. The third kappa shape index (κ3) is 3.28. The number of carbonyl (C=O) groups is 1. The van der Waals surface area contributed by atoms with Gasteiger partial charge in [-0.2, -0.15) is 0 Å². The number of nitrogens with one attached hydrogen (secondary N) is 1. The summed E-state index contributed by atoms with van der Waals surface area (Å²) in [5, 5.41) is 0. The number of fused-ring (bicyclic) bond motifs is 2. The van der Waals surface area contributed by atoms with E-state index in [-0.39, 0.29) is 12.7 Å². The van der Waals surface area contributed by atoms with Gasteiger partial charge in [0.05, 0.1) is 11.0 Å². The number of ether oxygens (including phenoxy) is 2. The minimum absolute atomic E-state index is 0.0816. The summed E-state index contributed by atoms with van der Waals surface area (Å²) in [6, 6.07) is 13.6. The molecule has 0 atom stereocenters. The highest BCUT2D eigenvalue weighted by Crippen LogP contribution is 2.32. The van der Waals surface area contributed by atoms with E-state index in [1.54, 1.807) is 4.90 Å². The molecular weight excluding hydrogens is 318 g/mol. The SMILES string of the molecule is CN(Cc1ccc2c(c1)OCO2)C(=O)CCc1nc2ccccc2[nH]1. The molecule has 2 heterocycles. The van der Waals surface area contributed by atoms with Crippen molar-refractivity contribution in [2.75, 3.05) is 13.8 Å². The molecule has 0 bridgehead atoms. The van der Waals surface area contributed by atoms with Crippen molar-refractivity contribution in [2.24, 2.45) is 0 Å². The van der Waals surface area contributed by atoms with E-state index >= 15 is 0 Å². The second-order valence-electron chi connectivity index (χ2n) is 6.14. The fourth-order valence-corrected chi connectivity index (χ4v) is 2.94. The van der Waals surface area contributed by atoms with Gasteiger partial charge in [-0.05, 0) is 29.8 Å². The number of amides is 1. The lowest BCUT2D eigenvalue weighted by Gasteiger charge is -2.17. The van der Waals surface area contributed by atoms with Crippen LogP contribution in [-0.2, 0) is 17.8 Å². The minimum atomic E-state index is 0.0816. The van der Waals surface area contributed by atoms with Crippen molar-refractivity contribution < 1.29 is 14.3 Å². The average Bonchev–Trinajstić information content (AvgIpc) is 3.25. The Labute approximate surface area is 145 Å². The number of nitrogens with zero attached hydrogens (tertiary/aromatic N) is 2. The van der Waals surface area contributed by atoms with Crippen LogP contribution in [0.3, 0.4) is 0 Å². The summed E-state index contributed by atoms with van der Waals surface area (Å²) in [5.74, 6) is 2.41. The first-order chi connectivity index (χ1) is 12.2. The predicted molar refractivity (Wildman–Crippen MR) is 93.5 cm³/mol. The molecule has 128 valence electrons. The molecule has 6 heteroatoms. The fourth-order valence-electron chi connectivity index (χ4n) is 2.94. The quantitative estimate of drug-likeness (QED) is 0.777. The summed E-state index contributed by atoms with van der Waals surface area (Å²) in [6.07, 6.45) is 1.01. The van der Waals surface area contributed by atoms with Crippen LogP contribution in [0.25, 0.3) is 11.0 Å². The minimum Gasteiger partial charge on any atom is -0.454 e. The van der Waals surface area contributed by atoms with Gasteiger partial charge in [-0.15, -0.1) is 0 Å². The summed E-state index contributed by atoms with van der Waals surface area (Å²) < 4.78 is 10.7. The van der Waals surface area contributed by atoms with Crippen molar-refractivity contribution in [1.29, 1.82) is 0 Å². The third-order valence-corrected chi connectivity index (χ3v) is 4.30. The molecule has 1 aliphatic rings. The van der Waals surface area contributed by atoms with Crippen LogP contribution >= 0.6 is 0 Å². The largest absolute Gasteiger partial charge is 0.454 e. The molecule has 0 spiro atoms. The number of H-pyrrole nitrogens is 1. The monoisotopic (exact) mass is 337 g/mol. The van der Waals surface area contributed by atoms with Gasteiger partial charge in [0.15, 0.2) is 11.5 Å². The number of hydrogen-bond acceptors (Lipinski definition) is 4. The van der Waals surface area contributed by atoms with E-state index in [0.29, 0.717) is 19.4 Å². The van der Waals surface area contributed by atoms with Crippen LogP contribution in [0.15, 0.2) is 42.5 Å². The first-order valence-corrected chi connectivity index (χ1v) is 8.25. The van der Waals surface area contributed by atoms with E-state index in [2.05, 4.69) is 9.97 Å². The van der Waals surface area contributed by atoms with E-state index in [1.807, 2.05) is 49.5 Å². The Balaban J connectivity index is 1.35. The Hall–Kier alpha value is -3.02. The maximum Gasteiger partial charge on any atom is 0.231 e. The molecule has 2 aromatic carbocycles. The Morgan fingerprint density at radius 1 is 1.20 bits per heavy atom. The van der Waals surface area contributed by atoms with E-state index in [9.17, 15) is 4.79 Å². The summed E-state index contributed by atoms with van der Waals surface area (Å²) in [4.78, 5) is 21.9. The van der Waals surface area contributed by atoms with Crippen molar-refractivity contribution >= 4 is 16.9 Å². The summed E-state index contributed by atoms with van der Waals surface area (Å²) in [7, 11) is 1.81. The Kier molecular flexibility index (Phi) is 4.01. The van der Waals surface area contributed by atoms with Crippen LogP contribution in [0, 0.1) is 0 Å². The van der Waals surface area contributed by atoms with Crippen LogP contribution in [0.2, 0.25) is 0 Å². The molecular formula is C19H19N3O3. The molecule has 0 radical (unpaired) electrons. The molecule has 0 saturated heterocycles. The molecule has 1 N–H and O–H groups in total. The van der Waals surface area contributed by atoms with Gasteiger partial charge in [0.25, 0.3) is 0 Å². The van der Waals surface area contributed by atoms with Gasteiger partial charge in [0.2, 0.25) is 12.7 Å². The normalized spacial score (nSPS) is 12.5. The summed E-state index contributed by atoms with van der Waals surface area (Å²) in [6.45, 7) is 0.792. The highest BCUT2D eigenvalue weighted by atomic mass is 16.7. The zero-order valence-electron chi connectivity index (χ0n) is 14.0. The van der Waals surface area contributed by atoms with E-state index in [0.717, 1.165) is 33.9 Å². The van der Waals surface area contributed by atoms with Crippen LogP contribution in [-0.4, -0.2) is 34.6 Å².